The smallest absolute Gasteiger partial charge is 0.462 e. The molecule has 0 amide bonds. The molecule has 0 spiro atoms. The van der Waals surface area contributed by atoms with Crippen LogP contribution in [0.2, 0.25) is 0 Å². The van der Waals surface area contributed by atoms with Gasteiger partial charge in [0.15, 0.2) is 12.2 Å². The van der Waals surface area contributed by atoms with E-state index in [1.54, 1.807) is 0 Å². The number of esters is 4. The fourth-order valence-electron chi connectivity index (χ4n) is 9.76. The molecule has 104 heavy (non-hydrogen) atoms. The second-order valence-corrected chi connectivity index (χ2v) is 28.4. The average Bonchev–Trinajstić information content (AvgIpc) is 0.937. The summed E-state index contributed by atoms with van der Waals surface area (Å²) in [6.07, 6.45) is 89.2. The van der Waals surface area contributed by atoms with Crippen LogP contribution in [0.15, 0.2) is 170 Å². The minimum atomic E-state index is -5.01. The Balaban J connectivity index is 5.48. The monoisotopic (exact) mass is 1490 g/mol. The molecule has 0 saturated heterocycles. The van der Waals surface area contributed by atoms with Gasteiger partial charge in [-0.05, 0) is 167 Å². The van der Waals surface area contributed by atoms with E-state index < -0.39 is 97.5 Å². The lowest BCUT2D eigenvalue weighted by atomic mass is 10.1. The van der Waals surface area contributed by atoms with E-state index in [1.807, 2.05) is 12.2 Å². The number of carbonyl (C=O) groups excluding carboxylic acids is 4. The van der Waals surface area contributed by atoms with E-state index in [2.05, 4.69) is 186 Å². The van der Waals surface area contributed by atoms with Gasteiger partial charge in [-0.3, -0.25) is 37.3 Å². The Morgan fingerprint density at radius 3 is 0.827 bits per heavy atom. The van der Waals surface area contributed by atoms with Crippen molar-refractivity contribution < 1.29 is 80.2 Å². The van der Waals surface area contributed by atoms with Crippen molar-refractivity contribution in [2.45, 2.75) is 303 Å². The molecule has 0 fully saturated rings. The summed E-state index contributed by atoms with van der Waals surface area (Å²) >= 11 is 0. The number of aliphatic hydroxyl groups excluding tert-OH is 1. The van der Waals surface area contributed by atoms with Gasteiger partial charge in [-0.1, -0.05) is 262 Å². The first-order chi connectivity index (χ1) is 50.7. The number of aliphatic hydroxyl groups is 1. The molecule has 590 valence electrons. The van der Waals surface area contributed by atoms with E-state index in [1.165, 1.54) is 19.3 Å². The van der Waals surface area contributed by atoms with E-state index in [4.69, 9.17) is 37.0 Å². The normalized spacial score (nSPS) is 14.8. The molecular weight excluding hydrogens is 1350 g/mol. The Kier molecular flexibility index (Phi) is 71.6. The maximum Gasteiger partial charge on any atom is 0.472 e. The zero-order valence-electron chi connectivity index (χ0n) is 64.4. The van der Waals surface area contributed by atoms with Crippen LogP contribution >= 0.6 is 15.6 Å². The van der Waals surface area contributed by atoms with Gasteiger partial charge in [0.05, 0.1) is 26.4 Å². The van der Waals surface area contributed by atoms with Crippen molar-refractivity contribution in [1.29, 1.82) is 0 Å². The van der Waals surface area contributed by atoms with E-state index in [0.29, 0.717) is 38.5 Å². The van der Waals surface area contributed by atoms with Crippen molar-refractivity contribution in [3.8, 4) is 0 Å². The molecule has 0 aromatic rings. The summed E-state index contributed by atoms with van der Waals surface area (Å²) in [6, 6.07) is 0. The van der Waals surface area contributed by atoms with Gasteiger partial charge in [0.1, 0.15) is 19.3 Å². The Morgan fingerprint density at radius 1 is 0.279 bits per heavy atom. The Morgan fingerprint density at radius 2 is 0.510 bits per heavy atom. The number of hydrogen-bond acceptors (Lipinski definition) is 15. The van der Waals surface area contributed by atoms with Gasteiger partial charge in [0.25, 0.3) is 0 Å². The fourth-order valence-corrected chi connectivity index (χ4v) is 11.3. The van der Waals surface area contributed by atoms with Crippen LogP contribution in [0.3, 0.4) is 0 Å². The van der Waals surface area contributed by atoms with E-state index in [0.717, 1.165) is 173 Å². The molecule has 0 aromatic carbocycles. The number of allylic oxidation sites excluding steroid dienone is 28. The maximum absolute atomic E-state index is 13.1. The summed E-state index contributed by atoms with van der Waals surface area (Å²) in [7, 11) is -10.0. The minimum Gasteiger partial charge on any atom is -0.462 e. The quantitative estimate of drug-likeness (QED) is 0.0169. The highest BCUT2D eigenvalue weighted by molar-refractivity contribution is 7.47. The van der Waals surface area contributed by atoms with Crippen LogP contribution in [-0.2, 0) is 65.4 Å². The number of hydrogen-bond donors (Lipinski definition) is 3. The van der Waals surface area contributed by atoms with Crippen LogP contribution in [0.5, 0.6) is 0 Å². The lowest BCUT2D eigenvalue weighted by molar-refractivity contribution is -0.161. The highest BCUT2D eigenvalue weighted by atomic mass is 31.2. The molecule has 19 heteroatoms. The third kappa shape index (κ3) is 74.7. The lowest BCUT2D eigenvalue weighted by Gasteiger charge is -2.21. The van der Waals surface area contributed by atoms with Crippen LogP contribution in [-0.4, -0.2) is 96.7 Å². The van der Waals surface area contributed by atoms with Crippen molar-refractivity contribution in [3.63, 3.8) is 0 Å². The standard InChI is InChI=1S/C85H138O17P2/c1-5-9-13-17-21-25-29-33-37-39-43-45-49-53-57-61-65-69-82(87)95-75-80(101-84(89)71-67-63-59-55-51-47-41-35-31-27-23-19-15-11-7-3)77-99-103(91,92)97-73-79(86)74-98-104(93,94)100-78-81(102-85(90)72-68-64-60-56-52-48-42-36-32-28-24-20-16-12-8-4)76-96-83(88)70-66-62-58-54-50-46-44-40-38-34-30-26-22-18-14-10-6-2/h9-11,13-15,21-28,33-38,41-43,45,51,53,55,57,79-81,86H,5-8,12,16-20,29-32,39-40,44,46-50,52,54,56,58-78H2,1-4H3,(H,91,92)(H,93,94)/b13-9-,14-10-,15-11-,25-21-,26-22-,27-23-,28-24-,37-33-,38-34-,41-35-,42-36-,45-43-,55-51-,57-53-. The molecule has 0 aliphatic heterocycles. The molecule has 0 saturated carbocycles. The first-order valence-electron chi connectivity index (χ1n) is 39.4. The number of rotatable bonds is 72. The van der Waals surface area contributed by atoms with Crippen LogP contribution in [0.1, 0.15) is 285 Å². The summed E-state index contributed by atoms with van der Waals surface area (Å²) in [5.74, 6) is -2.33. The van der Waals surface area contributed by atoms with E-state index in [-0.39, 0.29) is 25.7 Å². The molecular formula is C85H138O17P2. The second-order valence-electron chi connectivity index (χ2n) is 25.5. The largest absolute Gasteiger partial charge is 0.472 e. The molecule has 0 radical (unpaired) electrons. The first kappa shape index (κ1) is 98.4. The van der Waals surface area contributed by atoms with Crippen molar-refractivity contribution in [2.75, 3.05) is 39.6 Å². The number of phosphoric acid groups is 2. The molecule has 0 heterocycles. The van der Waals surface area contributed by atoms with Gasteiger partial charge in [-0.15, -0.1) is 0 Å². The minimum absolute atomic E-state index is 0.0239. The van der Waals surface area contributed by atoms with Gasteiger partial charge >= 0.3 is 39.5 Å². The average molecular weight is 1490 g/mol. The summed E-state index contributed by atoms with van der Waals surface area (Å²) < 4.78 is 68.5. The van der Waals surface area contributed by atoms with Crippen LogP contribution in [0, 0.1) is 0 Å². The summed E-state index contributed by atoms with van der Waals surface area (Å²) in [5, 5.41) is 10.6. The van der Waals surface area contributed by atoms with Gasteiger partial charge < -0.3 is 33.8 Å². The van der Waals surface area contributed by atoms with Gasteiger partial charge in [0.2, 0.25) is 0 Å². The lowest BCUT2D eigenvalue weighted by Crippen LogP contribution is -2.30. The van der Waals surface area contributed by atoms with Gasteiger partial charge in [-0.2, -0.15) is 0 Å². The molecule has 0 aliphatic rings. The molecule has 5 atom stereocenters. The summed E-state index contributed by atoms with van der Waals surface area (Å²) in [6.45, 7) is 4.35. The van der Waals surface area contributed by atoms with Crippen molar-refractivity contribution in [2.24, 2.45) is 0 Å². The maximum atomic E-state index is 13.1. The second kappa shape index (κ2) is 75.6. The summed E-state index contributed by atoms with van der Waals surface area (Å²) in [4.78, 5) is 73.0. The topological polar surface area (TPSA) is 237 Å². The zero-order valence-corrected chi connectivity index (χ0v) is 66.2. The molecule has 17 nitrogen and oxygen atoms in total. The third-order valence-electron chi connectivity index (χ3n) is 15.7. The molecule has 5 unspecified atom stereocenters. The third-order valence-corrected chi connectivity index (χ3v) is 17.6. The van der Waals surface area contributed by atoms with Gasteiger partial charge in [0, 0.05) is 25.7 Å². The SMILES string of the molecule is CC/C=C\C/C=C\C/C=C\C/C=C\C/C=C\CCCC(=O)OCC(COP(=O)(O)OCC(O)COP(=O)(O)OCC(COC(=O)CCCCCCCCC/C=C\C/C=C\C/C=C\CC)OC(=O)CCCCCCC/C=C\C/C=C\CCCCC)OC(=O)CCCC/C=C\C/C=C\C/C=C\C/C=C\CC. The Labute approximate surface area is 629 Å². The first-order valence-corrected chi connectivity index (χ1v) is 42.4. The zero-order chi connectivity index (χ0) is 76.0. The van der Waals surface area contributed by atoms with Crippen LogP contribution < -0.4 is 0 Å². The van der Waals surface area contributed by atoms with Crippen molar-refractivity contribution in [1.82, 2.24) is 0 Å². The van der Waals surface area contributed by atoms with Crippen LogP contribution in [0.25, 0.3) is 0 Å². The highest BCUT2D eigenvalue weighted by Gasteiger charge is 2.30. The van der Waals surface area contributed by atoms with Crippen molar-refractivity contribution in [3.05, 3.63) is 170 Å². The summed E-state index contributed by atoms with van der Waals surface area (Å²) in [5.41, 5.74) is 0. The molecule has 0 rings (SSSR count). The predicted octanol–water partition coefficient (Wildman–Crippen LogP) is 23.0. The molecule has 3 N–H and O–H groups in total. The van der Waals surface area contributed by atoms with Crippen molar-refractivity contribution >= 4 is 39.5 Å². The molecule has 0 aromatic heterocycles. The highest BCUT2D eigenvalue weighted by Crippen LogP contribution is 2.45. The van der Waals surface area contributed by atoms with E-state index in [9.17, 15) is 43.2 Å². The fraction of sp³-hybridized carbons (Fsp3) is 0.624. The number of unbranched alkanes of at least 4 members (excludes halogenated alkanes) is 18. The number of ether oxygens (including phenoxy) is 4. The van der Waals surface area contributed by atoms with Crippen LogP contribution in [0.4, 0.5) is 0 Å². The Hall–Kier alpha value is -5.58. The molecule has 0 bridgehead atoms. The number of phosphoric ester groups is 2. The molecule has 0 aliphatic carbocycles. The van der Waals surface area contributed by atoms with Gasteiger partial charge in [-0.25, -0.2) is 9.13 Å². The Bertz CT molecular complexity index is 2640. The number of carbonyl (C=O) groups is 4. The predicted molar refractivity (Wildman–Crippen MR) is 426 cm³/mol. The van der Waals surface area contributed by atoms with E-state index >= 15 is 0 Å².